The minimum Gasteiger partial charge on any atom is -0.494 e. The van der Waals surface area contributed by atoms with Gasteiger partial charge in [-0.1, -0.05) is 32.6 Å². The molecule has 1 aliphatic heterocycles. The molecule has 3 rings (SSSR count). The molecule has 0 saturated heterocycles. The van der Waals surface area contributed by atoms with Gasteiger partial charge in [-0.2, -0.15) is 5.10 Å². The lowest BCUT2D eigenvalue weighted by Gasteiger charge is -2.20. The van der Waals surface area contributed by atoms with Crippen LogP contribution in [0.3, 0.4) is 0 Å². The molecule has 122 valence electrons. The summed E-state index contributed by atoms with van der Waals surface area (Å²) in [5, 5.41) is 7.82. The Bertz CT molecular complexity index is 724. The lowest BCUT2D eigenvalue weighted by atomic mass is 10.0. The van der Waals surface area contributed by atoms with Crippen molar-refractivity contribution in [2.45, 2.75) is 51.9 Å². The quantitative estimate of drug-likeness (QED) is 0.737. The van der Waals surface area contributed by atoms with Crippen LogP contribution in [-0.4, -0.2) is 21.4 Å². The van der Waals surface area contributed by atoms with Gasteiger partial charge in [0.1, 0.15) is 17.8 Å². The Balaban J connectivity index is 1.67. The zero-order valence-corrected chi connectivity index (χ0v) is 13.6. The summed E-state index contributed by atoms with van der Waals surface area (Å²) in [5.74, 6) is 1.62. The van der Waals surface area contributed by atoms with Gasteiger partial charge in [-0.3, -0.25) is 9.36 Å². The van der Waals surface area contributed by atoms with Crippen molar-refractivity contribution in [2.24, 2.45) is 0 Å². The van der Waals surface area contributed by atoms with E-state index < -0.39 is 0 Å². The van der Waals surface area contributed by atoms with Crippen molar-refractivity contribution >= 4 is 0 Å². The van der Waals surface area contributed by atoms with Crippen molar-refractivity contribution in [2.75, 3.05) is 6.61 Å². The van der Waals surface area contributed by atoms with Crippen LogP contribution in [0.1, 0.15) is 50.4 Å². The number of ether oxygens (including phenoxy) is 1. The maximum atomic E-state index is 12.0. The number of aromatic nitrogens is 3. The summed E-state index contributed by atoms with van der Waals surface area (Å²) in [5.41, 5.74) is 1.91. The molecule has 1 aliphatic rings. The molecule has 0 N–H and O–H groups in total. The van der Waals surface area contributed by atoms with E-state index in [1.165, 1.54) is 31.9 Å². The molecule has 0 spiro atoms. The summed E-state index contributed by atoms with van der Waals surface area (Å²) in [4.78, 5) is 12.0. The molecule has 0 unspecified atom stereocenters. The van der Waals surface area contributed by atoms with Crippen molar-refractivity contribution in [1.82, 2.24) is 14.8 Å². The van der Waals surface area contributed by atoms with Crippen LogP contribution in [0.25, 0.3) is 5.69 Å². The van der Waals surface area contributed by atoms with E-state index in [-0.39, 0.29) is 5.56 Å². The van der Waals surface area contributed by atoms with Crippen LogP contribution in [0.4, 0.5) is 0 Å². The van der Waals surface area contributed by atoms with Crippen LogP contribution < -0.4 is 10.3 Å². The second-order valence-corrected chi connectivity index (χ2v) is 5.99. The number of hydrogen-bond donors (Lipinski definition) is 0. The number of benzene rings is 1. The summed E-state index contributed by atoms with van der Waals surface area (Å²) in [6, 6.07) is 5.94. The molecule has 23 heavy (non-hydrogen) atoms. The first kappa shape index (κ1) is 15.7. The molecule has 0 saturated carbocycles. The molecular weight excluding hydrogens is 290 g/mol. The molecule has 0 atom stereocenters. The first-order chi connectivity index (χ1) is 11.3. The smallest absolute Gasteiger partial charge is 0.276 e. The fraction of sp³-hybridized carbons (Fsp3) is 0.500. The fourth-order valence-corrected chi connectivity index (χ4v) is 3.01. The highest BCUT2D eigenvalue weighted by Crippen LogP contribution is 2.26. The van der Waals surface area contributed by atoms with Crippen LogP contribution in [0.15, 0.2) is 29.2 Å². The molecular formula is C18H23N3O2. The summed E-state index contributed by atoms with van der Waals surface area (Å²) >= 11 is 0. The van der Waals surface area contributed by atoms with Crippen LogP contribution >= 0.6 is 0 Å². The molecule has 1 aromatic carbocycles. The van der Waals surface area contributed by atoms with E-state index >= 15 is 0 Å². The predicted molar refractivity (Wildman–Crippen MR) is 89.3 cm³/mol. The molecule has 5 nitrogen and oxygen atoms in total. The molecule has 1 aromatic heterocycles. The van der Waals surface area contributed by atoms with E-state index in [0.29, 0.717) is 0 Å². The van der Waals surface area contributed by atoms with Gasteiger partial charge in [0.2, 0.25) is 0 Å². The SMILES string of the molecule is CCCCCCCOc1ccc2c(c1)CCc1nncc(=O)n1-2. The maximum Gasteiger partial charge on any atom is 0.276 e. The third-order valence-corrected chi connectivity index (χ3v) is 4.25. The van der Waals surface area contributed by atoms with Crippen molar-refractivity contribution in [1.29, 1.82) is 0 Å². The Morgan fingerprint density at radius 1 is 1.17 bits per heavy atom. The third kappa shape index (κ3) is 3.60. The van der Waals surface area contributed by atoms with Gasteiger partial charge in [0.25, 0.3) is 5.56 Å². The molecule has 5 heteroatoms. The third-order valence-electron chi connectivity index (χ3n) is 4.25. The summed E-state index contributed by atoms with van der Waals surface area (Å²) in [7, 11) is 0. The topological polar surface area (TPSA) is 57.0 Å². The number of hydrogen-bond acceptors (Lipinski definition) is 4. The minimum atomic E-state index is -0.124. The first-order valence-electron chi connectivity index (χ1n) is 8.49. The first-order valence-corrected chi connectivity index (χ1v) is 8.49. The zero-order valence-electron chi connectivity index (χ0n) is 13.6. The van der Waals surface area contributed by atoms with E-state index in [4.69, 9.17) is 4.74 Å². The molecule has 0 aliphatic carbocycles. The summed E-state index contributed by atoms with van der Waals surface area (Å²) < 4.78 is 7.51. The highest BCUT2D eigenvalue weighted by atomic mass is 16.5. The minimum absolute atomic E-state index is 0.124. The van der Waals surface area contributed by atoms with Crippen molar-refractivity contribution in [3.63, 3.8) is 0 Å². The maximum absolute atomic E-state index is 12.0. The predicted octanol–water partition coefficient (Wildman–Crippen LogP) is 3.08. The zero-order chi connectivity index (χ0) is 16.1. The highest BCUT2D eigenvalue weighted by Gasteiger charge is 2.18. The van der Waals surface area contributed by atoms with Gasteiger partial charge in [0, 0.05) is 6.42 Å². The van der Waals surface area contributed by atoms with Crippen molar-refractivity contribution < 1.29 is 4.74 Å². The van der Waals surface area contributed by atoms with Gasteiger partial charge in [0.05, 0.1) is 12.3 Å². The highest BCUT2D eigenvalue weighted by molar-refractivity contribution is 5.48. The molecule has 0 bridgehead atoms. The summed E-state index contributed by atoms with van der Waals surface area (Å²) in [6.45, 7) is 2.98. The van der Waals surface area contributed by atoms with E-state index in [1.54, 1.807) is 4.57 Å². The standard InChI is InChI=1S/C18H23N3O2/c1-2-3-4-5-6-11-23-15-8-9-16-14(12-15)7-10-17-20-19-13-18(22)21(16)17/h8-9,12-13H,2-7,10-11H2,1H3. The monoisotopic (exact) mass is 313 g/mol. The van der Waals surface area contributed by atoms with Crippen LogP contribution in [0, 0.1) is 0 Å². The van der Waals surface area contributed by atoms with Gasteiger partial charge in [-0.05, 0) is 36.6 Å². The Labute approximate surface area is 136 Å². The van der Waals surface area contributed by atoms with E-state index in [1.807, 2.05) is 12.1 Å². The van der Waals surface area contributed by atoms with Gasteiger partial charge >= 0.3 is 0 Å². The molecule has 0 radical (unpaired) electrons. The molecule has 0 fully saturated rings. The number of unbranched alkanes of at least 4 members (excludes halogenated alkanes) is 4. The van der Waals surface area contributed by atoms with Crippen molar-refractivity contribution in [3.05, 3.63) is 46.1 Å². The molecule has 0 amide bonds. The molecule has 2 aromatic rings. The average molecular weight is 313 g/mol. The number of aryl methyl sites for hydroxylation is 2. The largest absolute Gasteiger partial charge is 0.494 e. The second-order valence-electron chi connectivity index (χ2n) is 5.99. The number of rotatable bonds is 7. The Kier molecular flexibility index (Phi) is 5.05. The Hall–Kier alpha value is -2.17. The van der Waals surface area contributed by atoms with E-state index in [0.717, 1.165) is 48.7 Å². The van der Waals surface area contributed by atoms with Gasteiger partial charge in [-0.25, -0.2) is 0 Å². The Morgan fingerprint density at radius 3 is 2.91 bits per heavy atom. The molecule has 2 heterocycles. The van der Waals surface area contributed by atoms with Crippen molar-refractivity contribution in [3.8, 4) is 11.4 Å². The second kappa shape index (κ2) is 7.40. The summed E-state index contributed by atoms with van der Waals surface area (Å²) in [6.07, 6.45) is 9.02. The van der Waals surface area contributed by atoms with Crippen LogP contribution in [0.2, 0.25) is 0 Å². The lowest BCUT2D eigenvalue weighted by molar-refractivity contribution is 0.304. The van der Waals surface area contributed by atoms with Gasteiger partial charge < -0.3 is 4.74 Å². The normalized spacial score (nSPS) is 12.6. The fourth-order valence-electron chi connectivity index (χ4n) is 3.01. The number of fused-ring (bicyclic) bond motifs is 3. The average Bonchev–Trinajstić information content (AvgIpc) is 2.58. The van der Waals surface area contributed by atoms with Crippen LogP contribution in [0.5, 0.6) is 5.75 Å². The van der Waals surface area contributed by atoms with Gasteiger partial charge in [0.15, 0.2) is 0 Å². The van der Waals surface area contributed by atoms with E-state index in [9.17, 15) is 4.79 Å². The van der Waals surface area contributed by atoms with Gasteiger partial charge in [-0.15, -0.1) is 5.10 Å². The Morgan fingerprint density at radius 2 is 2.04 bits per heavy atom. The number of nitrogens with zero attached hydrogens (tertiary/aromatic N) is 3. The van der Waals surface area contributed by atoms with Crippen LogP contribution in [-0.2, 0) is 12.8 Å². The van der Waals surface area contributed by atoms with E-state index in [2.05, 4.69) is 23.2 Å². The lowest BCUT2D eigenvalue weighted by Crippen LogP contribution is -2.28.